The van der Waals surface area contributed by atoms with Crippen LogP contribution < -0.4 is 5.32 Å². The third-order valence-corrected chi connectivity index (χ3v) is 3.61. The Kier molecular flexibility index (Phi) is 4.21. The van der Waals surface area contributed by atoms with E-state index in [2.05, 4.69) is 5.32 Å². The highest BCUT2D eigenvalue weighted by Gasteiger charge is 2.45. The van der Waals surface area contributed by atoms with Crippen LogP contribution >= 0.6 is 0 Å². The van der Waals surface area contributed by atoms with Crippen LogP contribution in [0.2, 0.25) is 0 Å². The zero-order chi connectivity index (χ0) is 14.8. The Balaban J connectivity index is 1.71. The summed E-state index contributed by atoms with van der Waals surface area (Å²) in [5, 5.41) is 13.0. The minimum Gasteiger partial charge on any atom is -0.388 e. The van der Waals surface area contributed by atoms with Gasteiger partial charge in [-0.1, -0.05) is 30.3 Å². The molecular formula is C15H18NO5. The van der Waals surface area contributed by atoms with Crippen LogP contribution in [-0.2, 0) is 19.0 Å². The summed E-state index contributed by atoms with van der Waals surface area (Å²) < 4.78 is 17.0. The van der Waals surface area contributed by atoms with Crippen molar-refractivity contribution in [1.82, 2.24) is 5.32 Å². The van der Waals surface area contributed by atoms with E-state index in [0.717, 1.165) is 5.56 Å². The molecule has 3 rings (SSSR count). The first kappa shape index (κ1) is 14.5. The van der Waals surface area contributed by atoms with Crippen LogP contribution in [0.3, 0.4) is 0 Å². The van der Waals surface area contributed by atoms with E-state index in [9.17, 15) is 9.90 Å². The SMILES string of the molecule is CC(=O)N[C@H]1[CH]O[C@@H]2COC(c3ccccc3)O[C@H]2[C@@H]1O. The number of nitrogens with one attached hydrogen (secondary N) is 1. The molecule has 113 valence electrons. The highest BCUT2D eigenvalue weighted by atomic mass is 16.7. The molecule has 2 saturated heterocycles. The molecule has 2 fully saturated rings. The van der Waals surface area contributed by atoms with Crippen molar-refractivity contribution in [2.45, 2.75) is 37.6 Å². The molecule has 1 amide bonds. The summed E-state index contributed by atoms with van der Waals surface area (Å²) in [6, 6.07) is 8.93. The second-order valence-electron chi connectivity index (χ2n) is 5.20. The van der Waals surface area contributed by atoms with Crippen LogP contribution in [0, 0.1) is 6.61 Å². The topological polar surface area (TPSA) is 77.0 Å². The molecular weight excluding hydrogens is 274 g/mol. The van der Waals surface area contributed by atoms with Crippen molar-refractivity contribution < 1.29 is 24.1 Å². The van der Waals surface area contributed by atoms with Gasteiger partial charge in [0, 0.05) is 12.5 Å². The van der Waals surface area contributed by atoms with E-state index < -0.39 is 24.5 Å². The maximum atomic E-state index is 11.1. The van der Waals surface area contributed by atoms with Gasteiger partial charge in [-0.3, -0.25) is 4.79 Å². The van der Waals surface area contributed by atoms with Gasteiger partial charge in [0.2, 0.25) is 5.91 Å². The smallest absolute Gasteiger partial charge is 0.217 e. The van der Waals surface area contributed by atoms with Crippen molar-refractivity contribution in [3.8, 4) is 0 Å². The lowest BCUT2D eigenvalue weighted by molar-refractivity contribution is -0.294. The first-order valence-electron chi connectivity index (χ1n) is 6.91. The highest BCUT2D eigenvalue weighted by molar-refractivity contribution is 5.73. The van der Waals surface area contributed by atoms with Crippen LogP contribution in [0.5, 0.6) is 0 Å². The van der Waals surface area contributed by atoms with E-state index in [1.54, 1.807) is 0 Å². The monoisotopic (exact) mass is 292 g/mol. The predicted octanol–water partition coefficient (Wildman–Crippen LogP) is 0.527. The van der Waals surface area contributed by atoms with Gasteiger partial charge in [0.15, 0.2) is 6.29 Å². The fourth-order valence-electron chi connectivity index (χ4n) is 2.57. The Hall–Kier alpha value is -1.47. The van der Waals surface area contributed by atoms with Crippen molar-refractivity contribution in [2.24, 2.45) is 0 Å². The van der Waals surface area contributed by atoms with Gasteiger partial charge in [-0.25, -0.2) is 0 Å². The van der Waals surface area contributed by atoms with Crippen molar-refractivity contribution in [3.63, 3.8) is 0 Å². The number of hydrogen-bond donors (Lipinski definition) is 2. The van der Waals surface area contributed by atoms with Crippen LogP contribution in [-0.4, -0.2) is 42.0 Å². The normalized spacial score (nSPS) is 35.8. The summed E-state index contributed by atoms with van der Waals surface area (Å²) >= 11 is 0. The zero-order valence-corrected chi connectivity index (χ0v) is 11.6. The maximum absolute atomic E-state index is 11.1. The number of carbonyl (C=O) groups excluding carboxylic acids is 1. The maximum Gasteiger partial charge on any atom is 0.217 e. The number of rotatable bonds is 2. The third kappa shape index (κ3) is 3.08. The molecule has 1 aromatic carbocycles. The number of aliphatic hydroxyl groups excluding tert-OH is 1. The fourth-order valence-corrected chi connectivity index (χ4v) is 2.57. The number of benzene rings is 1. The average molecular weight is 292 g/mol. The Morgan fingerprint density at radius 3 is 2.81 bits per heavy atom. The van der Waals surface area contributed by atoms with Gasteiger partial charge in [-0.2, -0.15) is 0 Å². The molecule has 1 radical (unpaired) electrons. The van der Waals surface area contributed by atoms with Crippen LogP contribution in [0.15, 0.2) is 30.3 Å². The van der Waals surface area contributed by atoms with Gasteiger partial charge in [-0.15, -0.1) is 0 Å². The molecule has 6 heteroatoms. The van der Waals surface area contributed by atoms with Gasteiger partial charge in [0.1, 0.15) is 24.9 Å². The molecule has 0 saturated carbocycles. The quantitative estimate of drug-likeness (QED) is 0.831. The van der Waals surface area contributed by atoms with E-state index >= 15 is 0 Å². The number of fused-ring (bicyclic) bond motifs is 1. The van der Waals surface area contributed by atoms with E-state index in [4.69, 9.17) is 14.2 Å². The van der Waals surface area contributed by atoms with Crippen LogP contribution in [0.4, 0.5) is 0 Å². The van der Waals surface area contributed by atoms with E-state index in [0.29, 0.717) is 6.61 Å². The summed E-state index contributed by atoms with van der Waals surface area (Å²) in [5.74, 6) is -0.232. The summed E-state index contributed by atoms with van der Waals surface area (Å²) in [7, 11) is 0. The predicted molar refractivity (Wildman–Crippen MR) is 72.8 cm³/mol. The summed E-state index contributed by atoms with van der Waals surface area (Å²) in [5.41, 5.74) is 0.883. The first-order valence-corrected chi connectivity index (χ1v) is 6.91. The fraction of sp³-hybridized carbons (Fsp3) is 0.467. The molecule has 21 heavy (non-hydrogen) atoms. The number of hydrogen-bond acceptors (Lipinski definition) is 5. The molecule has 0 aromatic heterocycles. The molecule has 6 nitrogen and oxygen atoms in total. The lowest BCUT2D eigenvalue weighted by atomic mass is 9.97. The van der Waals surface area contributed by atoms with Crippen LogP contribution in [0.25, 0.3) is 0 Å². The number of ether oxygens (including phenoxy) is 3. The molecule has 0 spiro atoms. The number of carbonyl (C=O) groups is 1. The third-order valence-electron chi connectivity index (χ3n) is 3.61. The average Bonchev–Trinajstić information content (AvgIpc) is 2.50. The zero-order valence-electron chi connectivity index (χ0n) is 11.6. The second-order valence-corrected chi connectivity index (χ2v) is 5.20. The number of aliphatic hydroxyl groups is 1. The lowest BCUT2D eigenvalue weighted by Crippen LogP contribution is -2.60. The van der Waals surface area contributed by atoms with Gasteiger partial charge in [-0.05, 0) is 0 Å². The number of amides is 1. The van der Waals surface area contributed by atoms with Crippen molar-refractivity contribution >= 4 is 5.91 Å². The lowest BCUT2D eigenvalue weighted by Gasteiger charge is -2.44. The highest BCUT2D eigenvalue weighted by Crippen LogP contribution is 2.32. The van der Waals surface area contributed by atoms with E-state index in [1.807, 2.05) is 30.3 Å². The van der Waals surface area contributed by atoms with Crippen molar-refractivity contribution in [1.29, 1.82) is 0 Å². The largest absolute Gasteiger partial charge is 0.388 e. The minimum atomic E-state index is -0.872. The molecule has 2 N–H and O–H groups in total. The van der Waals surface area contributed by atoms with Gasteiger partial charge < -0.3 is 24.6 Å². The van der Waals surface area contributed by atoms with E-state index in [-0.39, 0.29) is 12.0 Å². The first-order chi connectivity index (χ1) is 10.1. The minimum absolute atomic E-state index is 0.232. The molecule has 1 aromatic rings. The molecule has 0 bridgehead atoms. The Labute approximate surface area is 123 Å². The molecule has 2 aliphatic heterocycles. The standard InChI is InChI=1S/C15H18NO5/c1-9(17)16-11-7-19-12-8-20-15(21-14(12)13(11)18)10-5-3-2-4-6-10/h2-7,11-15,18H,8H2,1H3,(H,16,17)/t11-,12+,13+,14+,15?/m0/s1. The summed E-state index contributed by atoms with van der Waals surface area (Å²) in [4.78, 5) is 11.1. The molecule has 1 unspecified atom stereocenters. The molecule has 5 atom stereocenters. The van der Waals surface area contributed by atoms with Crippen molar-refractivity contribution in [3.05, 3.63) is 42.5 Å². The summed E-state index contributed by atoms with van der Waals surface area (Å²) in [6.07, 6.45) is -2.33. The molecule has 0 aliphatic carbocycles. The van der Waals surface area contributed by atoms with E-state index in [1.165, 1.54) is 13.5 Å². The van der Waals surface area contributed by atoms with Gasteiger partial charge in [0.25, 0.3) is 0 Å². The summed E-state index contributed by atoms with van der Waals surface area (Å²) in [6.45, 7) is 3.15. The Morgan fingerprint density at radius 2 is 2.10 bits per heavy atom. The second kappa shape index (κ2) is 6.11. The van der Waals surface area contributed by atoms with Crippen molar-refractivity contribution in [2.75, 3.05) is 6.61 Å². The van der Waals surface area contributed by atoms with Gasteiger partial charge >= 0.3 is 0 Å². The molecule has 2 aliphatic rings. The Bertz CT molecular complexity index is 494. The molecule has 2 heterocycles. The van der Waals surface area contributed by atoms with Gasteiger partial charge in [0.05, 0.1) is 12.6 Å². The van der Waals surface area contributed by atoms with Crippen LogP contribution in [0.1, 0.15) is 18.8 Å². The Morgan fingerprint density at radius 1 is 1.33 bits per heavy atom.